The highest BCUT2D eigenvalue weighted by Crippen LogP contribution is 2.30. The van der Waals surface area contributed by atoms with Crippen LogP contribution in [-0.4, -0.2) is 89.4 Å². The van der Waals surface area contributed by atoms with Crippen LogP contribution in [0.3, 0.4) is 0 Å². The van der Waals surface area contributed by atoms with Gasteiger partial charge in [-0.25, -0.2) is 0 Å². The summed E-state index contributed by atoms with van der Waals surface area (Å²) in [7, 11) is 0. The maximum atomic E-state index is 10.4. The Morgan fingerprint density at radius 2 is 1.52 bits per heavy atom. The van der Waals surface area contributed by atoms with Crippen LogP contribution in [0.15, 0.2) is 0 Å². The number of ether oxygens (including phenoxy) is 4. The number of hydrogen-bond donors (Lipinski definition) is 5. The molecule has 0 amide bonds. The fraction of sp³-hybridized carbons (Fsp3) is 1.00. The highest BCUT2D eigenvalue weighted by Gasteiger charge is 2.50. The molecule has 9 heteroatoms. The molecular weight excluding hydrogens is 358 g/mol. The lowest BCUT2D eigenvalue weighted by Gasteiger charge is -2.25. The zero-order valence-electron chi connectivity index (χ0n) is 16.0. The van der Waals surface area contributed by atoms with Crippen molar-refractivity contribution in [1.82, 2.24) is 0 Å². The SMILES string of the molecule is CCCCCCCCO[C@H]1O[C@H](CO)[C@@H](O[C@H]2O[C@H](CN)[C@@H](O)[C@@H]2O)[C@@H]1O. The molecule has 0 aliphatic carbocycles. The second-order valence-electron chi connectivity index (χ2n) is 7.22. The summed E-state index contributed by atoms with van der Waals surface area (Å²) in [6, 6.07) is 0. The van der Waals surface area contributed by atoms with Gasteiger partial charge in [0.2, 0.25) is 0 Å². The van der Waals surface area contributed by atoms with Crippen LogP contribution in [0.4, 0.5) is 0 Å². The van der Waals surface area contributed by atoms with Crippen molar-refractivity contribution in [2.75, 3.05) is 19.8 Å². The van der Waals surface area contributed by atoms with E-state index in [-0.39, 0.29) is 13.2 Å². The molecule has 0 aromatic carbocycles. The minimum Gasteiger partial charge on any atom is -0.394 e. The number of hydrogen-bond acceptors (Lipinski definition) is 9. The van der Waals surface area contributed by atoms with E-state index in [0.717, 1.165) is 19.3 Å². The fourth-order valence-electron chi connectivity index (χ4n) is 3.42. The van der Waals surface area contributed by atoms with E-state index in [1.807, 2.05) is 0 Å². The lowest BCUT2D eigenvalue weighted by molar-refractivity contribution is -0.212. The molecule has 0 radical (unpaired) electrons. The molecule has 0 aromatic rings. The second kappa shape index (κ2) is 11.6. The molecule has 2 rings (SSSR count). The van der Waals surface area contributed by atoms with Gasteiger partial charge in [0, 0.05) is 13.2 Å². The Morgan fingerprint density at radius 3 is 2.15 bits per heavy atom. The zero-order chi connectivity index (χ0) is 19.8. The van der Waals surface area contributed by atoms with Crippen LogP contribution < -0.4 is 5.73 Å². The Morgan fingerprint density at radius 1 is 0.852 bits per heavy atom. The van der Waals surface area contributed by atoms with Crippen molar-refractivity contribution < 1.29 is 39.4 Å². The standard InChI is InChI=1S/C18H35NO8/c1-2-3-4-5-6-7-8-24-17-15(23)16(12(10-20)26-17)27-18-14(22)13(21)11(9-19)25-18/h11-18,20-23H,2-10,19H2,1H3/t11-,12-,13-,14+,15+,16-,17+,18-/m1/s1. The molecule has 8 atom stereocenters. The summed E-state index contributed by atoms with van der Waals surface area (Å²) in [6.07, 6.45) is -1.52. The fourth-order valence-corrected chi connectivity index (χ4v) is 3.42. The Labute approximate surface area is 160 Å². The van der Waals surface area contributed by atoms with E-state index in [1.165, 1.54) is 19.3 Å². The first-order valence-corrected chi connectivity index (χ1v) is 9.96. The van der Waals surface area contributed by atoms with E-state index in [2.05, 4.69) is 6.92 Å². The van der Waals surface area contributed by atoms with Crippen molar-refractivity contribution in [2.45, 2.75) is 94.7 Å². The molecule has 0 unspecified atom stereocenters. The number of aliphatic hydroxyl groups excluding tert-OH is 4. The van der Waals surface area contributed by atoms with Crippen molar-refractivity contribution in [3.05, 3.63) is 0 Å². The maximum absolute atomic E-state index is 10.4. The lowest BCUT2D eigenvalue weighted by Crippen LogP contribution is -2.43. The summed E-state index contributed by atoms with van der Waals surface area (Å²) in [4.78, 5) is 0. The van der Waals surface area contributed by atoms with Crippen molar-refractivity contribution >= 4 is 0 Å². The Kier molecular flexibility index (Phi) is 9.85. The number of nitrogens with two attached hydrogens (primary N) is 1. The van der Waals surface area contributed by atoms with Crippen LogP contribution in [0, 0.1) is 0 Å². The van der Waals surface area contributed by atoms with Gasteiger partial charge in [-0.3, -0.25) is 0 Å². The first-order valence-electron chi connectivity index (χ1n) is 9.96. The molecule has 2 fully saturated rings. The highest BCUT2D eigenvalue weighted by molar-refractivity contribution is 4.92. The van der Waals surface area contributed by atoms with E-state index in [1.54, 1.807) is 0 Å². The summed E-state index contributed by atoms with van der Waals surface area (Å²) >= 11 is 0. The van der Waals surface area contributed by atoms with Gasteiger partial charge in [-0.15, -0.1) is 0 Å². The van der Waals surface area contributed by atoms with Crippen LogP contribution in [0.5, 0.6) is 0 Å². The van der Waals surface area contributed by atoms with Crippen LogP contribution in [0.25, 0.3) is 0 Å². The molecule has 0 bridgehead atoms. The summed E-state index contributed by atoms with van der Waals surface area (Å²) in [5.74, 6) is 0. The van der Waals surface area contributed by atoms with Gasteiger partial charge in [0.15, 0.2) is 12.6 Å². The smallest absolute Gasteiger partial charge is 0.187 e. The minimum atomic E-state index is -1.30. The largest absolute Gasteiger partial charge is 0.394 e. The van der Waals surface area contributed by atoms with E-state index in [0.29, 0.717) is 6.61 Å². The number of unbranched alkanes of at least 4 members (excludes halogenated alkanes) is 5. The number of aliphatic hydroxyl groups is 4. The quantitative estimate of drug-likeness (QED) is 0.270. The summed E-state index contributed by atoms with van der Waals surface area (Å²) in [5, 5.41) is 39.8. The van der Waals surface area contributed by atoms with Crippen molar-refractivity contribution in [3.63, 3.8) is 0 Å². The molecule has 9 nitrogen and oxygen atoms in total. The molecule has 2 aliphatic rings. The highest BCUT2D eigenvalue weighted by atomic mass is 16.8. The third kappa shape index (κ3) is 6.06. The normalized spacial score (nSPS) is 39.3. The monoisotopic (exact) mass is 393 g/mol. The molecule has 160 valence electrons. The molecule has 6 N–H and O–H groups in total. The average molecular weight is 393 g/mol. The molecule has 0 spiro atoms. The average Bonchev–Trinajstić information content (AvgIpc) is 3.12. The van der Waals surface area contributed by atoms with Crippen LogP contribution in [0.2, 0.25) is 0 Å². The number of rotatable bonds is 12. The molecule has 2 heterocycles. The van der Waals surface area contributed by atoms with Gasteiger partial charge >= 0.3 is 0 Å². The van der Waals surface area contributed by atoms with Crippen LogP contribution in [0.1, 0.15) is 45.4 Å². The molecule has 0 aromatic heterocycles. The molecule has 2 saturated heterocycles. The van der Waals surface area contributed by atoms with Crippen molar-refractivity contribution in [3.8, 4) is 0 Å². The van der Waals surface area contributed by atoms with Gasteiger partial charge in [-0.2, -0.15) is 0 Å². The van der Waals surface area contributed by atoms with E-state index >= 15 is 0 Å². The van der Waals surface area contributed by atoms with Gasteiger partial charge in [0.25, 0.3) is 0 Å². The molecule has 27 heavy (non-hydrogen) atoms. The Balaban J connectivity index is 1.78. The van der Waals surface area contributed by atoms with Gasteiger partial charge in [-0.05, 0) is 6.42 Å². The third-order valence-electron chi connectivity index (χ3n) is 5.09. The van der Waals surface area contributed by atoms with Gasteiger partial charge < -0.3 is 45.1 Å². The maximum Gasteiger partial charge on any atom is 0.187 e. The zero-order valence-corrected chi connectivity index (χ0v) is 16.0. The summed E-state index contributed by atoms with van der Waals surface area (Å²) in [6.45, 7) is 2.25. The van der Waals surface area contributed by atoms with Crippen molar-refractivity contribution in [2.24, 2.45) is 5.73 Å². The summed E-state index contributed by atoms with van der Waals surface area (Å²) < 4.78 is 22.1. The van der Waals surface area contributed by atoms with E-state index in [4.69, 9.17) is 24.7 Å². The van der Waals surface area contributed by atoms with Crippen molar-refractivity contribution in [1.29, 1.82) is 0 Å². The van der Waals surface area contributed by atoms with E-state index < -0.39 is 49.2 Å². The lowest BCUT2D eigenvalue weighted by atomic mass is 10.1. The first-order chi connectivity index (χ1) is 13.0. The molecule has 0 saturated carbocycles. The van der Waals surface area contributed by atoms with E-state index in [9.17, 15) is 20.4 Å². The van der Waals surface area contributed by atoms with Crippen LogP contribution >= 0.6 is 0 Å². The minimum absolute atomic E-state index is 0.0230. The Hall–Kier alpha value is -0.360. The third-order valence-corrected chi connectivity index (χ3v) is 5.09. The van der Waals surface area contributed by atoms with Gasteiger partial charge in [-0.1, -0.05) is 39.0 Å². The predicted molar refractivity (Wildman–Crippen MR) is 95.7 cm³/mol. The first kappa shape index (κ1) is 22.9. The Bertz CT molecular complexity index is 415. The molecule has 2 aliphatic heterocycles. The second-order valence-corrected chi connectivity index (χ2v) is 7.22. The molecular formula is C18H35NO8. The topological polar surface area (TPSA) is 144 Å². The van der Waals surface area contributed by atoms with Crippen LogP contribution in [-0.2, 0) is 18.9 Å². The van der Waals surface area contributed by atoms with Gasteiger partial charge in [0.05, 0.1) is 6.61 Å². The summed E-state index contributed by atoms with van der Waals surface area (Å²) in [5.41, 5.74) is 5.48. The van der Waals surface area contributed by atoms with Gasteiger partial charge in [0.1, 0.15) is 36.6 Å². The predicted octanol–water partition coefficient (Wildman–Crippen LogP) is -0.768.